The molecule has 0 saturated carbocycles. The number of thiazole rings is 1. The molecule has 24 heavy (non-hydrogen) atoms. The van der Waals surface area contributed by atoms with E-state index in [2.05, 4.69) is 32.4 Å². The van der Waals surface area contributed by atoms with E-state index >= 15 is 0 Å². The Kier molecular flexibility index (Phi) is 3.87. The zero-order chi connectivity index (χ0) is 16.5. The van der Waals surface area contributed by atoms with Gasteiger partial charge in [-0.15, -0.1) is 0 Å². The lowest BCUT2D eigenvalue weighted by Crippen LogP contribution is -2.02. The van der Waals surface area contributed by atoms with Crippen LogP contribution >= 0.6 is 11.3 Å². The number of rotatable bonds is 4. The number of H-pyrrole nitrogens is 1. The predicted molar refractivity (Wildman–Crippen MR) is 89.4 cm³/mol. The fraction of sp³-hybridized carbons (Fsp3) is 0.333. The number of aromatic amines is 1. The number of methoxy groups -OCH3 is 1. The molecule has 2 N–H and O–H groups in total. The molecule has 9 heteroatoms. The standard InChI is InChI=1S/C15H16N6O2S/c1-3-9-12-8(6-17-21-12)13-10(7-23-9)24-15(19-13)20-14-16-5-4-11(18-14)22-2/h4-6,9H,3,7H2,1-2H3,(H,17,21)(H,16,18,19,20). The molecule has 0 aromatic carbocycles. The summed E-state index contributed by atoms with van der Waals surface area (Å²) in [5, 5.41) is 11.0. The highest BCUT2D eigenvalue weighted by atomic mass is 32.1. The lowest BCUT2D eigenvalue weighted by molar-refractivity contribution is 0.0381. The van der Waals surface area contributed by atoms with Gasteiger partial charge in [0.1, 0.15) is 0 Å². The summed E-state index contributed by atoms with van der Waals surface area (Å²) in [4.78, 5) is 14.2. The van der Waals surface area contributed by atoms with Crippen molar-refractivity contribution in [1.82, 2.24) is 25.1 Å². The number of aromatic nitrogens is 5. The Bertz CT molecular complexity index is 861. The first-order chi connectivity index (χ1) is 11.8. The van der Waals surface area contributed by atoms with E-state index in [9.17, 15) is 0 Å². The maximum atomic E-state index is 5.98. The number of nitrogens with one attached hydrogen (secondary N) is 2. The fourth-order valence-electron chi connectivity index (χ4n) is 2.64. The fourth-order valence-corrected chi connectivity index (χ4v) is 3.53. The van der Waals surface area contributed by atoms with Crippen LogP contribution in [0.3, 0.4) is 0 Å². The molecular formula is C15H16N6O2S. The molecule has 0 saturated heterocycles. The third-order valence-electron chi connectivity index (χ3n) is 3.79. The van der Waals surface area contributed by atoms with Crippen LogP contribution in [-0.2, 0) is 11.3 Å². The van der Waals surface area contributed by atoms with E-state index < -0.39 is 0 Å². The summed E-state index contributed by atoms with van der Waals surface area (Å²) in [7, 11) is 1.57. The van der Waals surface area contributed by atoms with Gasteiger partial charge in [-0.3, -0.25) is 10.4 Å². The first-order valence-electron chi connectivity index (χ1n) is 7.57. The van der Waals surface area contributed by atoms with Gasteiger partial charge in [0.15, 0.2) is 5.13 Å². The van der Waals surface area contributed by atoms with E-state index in [1.54, 1.807) is 25.6 Å². The predicted octanol–water partition coefficient (Wildman–Crippen LogP) is 3.06. The minimum absolute atomic E-state index is 0.0158. The Balaban J connectivity index is 1.67. The minimum Gasteiger partial charge on any atom is -0.481 e. The molecule has 1 atom stereocenters. The first-order valence-corrected chi connectivity index (χ1v) is 8.39. The van der Waals surface area contributed by atoms with E-state index in [-0.39, 0.29) is 6.10 Å². The Morgan fingerprint density at radius 2 is 2.38 bits per heavy atom. The molecule has 8 nitrogen and oxygen atoms in total. The van der Waals surface area contributed by atoms with Gasteiger partial charge in [0.25, 0.3) is 0 Å². The van der Waals surface area contributed by atoms with Gasteiger partial charge >= 0.3 is 0 Å². The summed E-state index contributed by atoms with van der Waals surface area (Å²) in [5.74, 6) is 0.940. The van der Waals surface area contributed by atoms with Gasteiger partial charge in [0.2, 0.25) is 11.8 Å². The van der Waals surface area contributed by atoms with Crippen molar-refractivity contribution in [3.8, 4) is 17.1 Å². The molecule has 3 aromatic heterocycles. The normalized spacial score (nSPS) is 16.2. The highest BCUT2D eigenvalue weighted by Gasteiger charge is 2.26. The van der Waals surface area contributed by atoms with Crippen molar-refractivity contribution >= 4 is 22.4 Å². The summed E-state index contributed by atoms with van der Waals surface area (Å²) in [6.07, 6.45) is 4.34. The average molecular weight is 344 g/mol. The molecule has 0 bridgehead atoms. The Hall–Kier alpha value is -2.52. The van der Waals surface area contributed by atoms with E-state index in [0.717, 1.165) is 28.2 Å². The molecule has 0 spiro atoms. The molecule has 3 aromatic rings. The molecule has 0 aliphatic carbocycles. The maximum absolute atomic E-state index is 5.98. The minimum atomic E-state index is 0.0158. The van der Waals surface area contributed by atoms with Crippen LogP contribution in [0.2, 0.25) is 0 Å². The van der Waals surface area contributed by atoms with Crippen LogP contribution in [0, 0.1) is 0 Å². The number of fused-ring (bicyclic) bond motifs is 3. The zero-order valence-electron chi connectivity index (χ0n) is 13.2. The van der Waals surface area contributed by atoms with E-state index in [0.29, 0.717) is 23.6 Å². The number of hydrogen-bond donors (Lipinski definition) is 2. The third-order valence-corrected chi connectivity index (χ3v) is 4.73. The van der Waals surface area contributed by atoms with Gasteiger partial charge in [-0.1, -0.05) is 18.3 Å². The van der Waals surface area contributed by atoms with Crippen LogP contribution in [0.4, 0.5) is 11.1 Å². The molecule has 124 valence electrons. The van der Waals surface area contributed by atoms with Crippen LogP contribution < -0.4 is 10.1 Å². The Morgan fingerprint density at radius 1 is 1.46 bits per heavy atom. The summed E-state index contributed by atoms with van der Waals surface area (Å²) >= 11 is 1.53. The molecule has 1 aliphatic heterocycles. The third kappa shape index (κ3) is 2.61. The second kappa shape index (κ2) is 6.17. The van der Waals surface area contributed by atoms with Gasteiger partial charge in [-0.05, 0) is 6.42 Å². The van der Waals surface area contributed by atoms with Crippen molar-refractivity contribution in [2.75, 3.05) is 12.4 Å². The van der Waals surface area contributed by atoms with E-state index in [4.69, 9.17) is 14.5 Å². The summed E-state index contributed by atoms with van der Waals surface area (Å²) in [6.45, 7) is 2.61. The largest absolute Gasteiger partial charge is 0.481 e. The van der Waals surface area contributed by atoms with Gasteiger partial charge in [-0.25, -0.2) is 9.97 Å². The van der Waals surface area contributed by atoms with Crippen LogP contribution in [0.1, 0.15) is 30.0 Å². The van der Waals surface area contributed by atoms with Crippen molar-refractivity contribution < 1.29 is 9.47 Å². The second-order valence-corrected chi connectivity index (χ2v) is 6.33. The van der Waals surface area contributed by atoms with E-state index in [1.807, 2.05) is 0 Å². The van der Waals surface area contributed by atoms with Gasteiger partial charge < -0.3 is 9.47 Å². The van der Waals surface area contributed by atoms with Crippen LogP contribution in [-0.4, -0.2) is 32.3 Å². The van der Waals surface area contributed by atoms with Crippen LogP contribution in [0.5, 0.6) is 5.88 Å². The number of hydrogen-bond acceptors (Lipinski definition) is 8. The molecule has 1 aliphatic rings. The van der Waals surface area contributed by atoms with Crippen LogP contribution in [0.25, 0.3) is 11.3 Å². The Labute approximate surface area is 142 Å². The number of anilines is 2. The van der Waals surface area contributed by atoms with Crippen molar-refractivity contribution in [3.05, 3.63) is 29.0 Å². The number of ether oxygens (including phenoxy) is 2. The van der Waals surface area contributed by atoms with Crippen molar-refractivity contribution in [1.29, 1.82) is 0 Å². The molecule has 1 unspecified atom stereocenters. The van der Waals surface area contributed by atoms with Crippen molar-refractivity contribution in [2.45, 2.75) is 26.1 Å². The Morgan fingerprint density at radius 3 is 3.21 bits per heavy atom. The summed E-state index contributed by atoms with van der Waals surface area (Å²) in [5.41, 5.74) is 2.86. The summed E-state index contributed by atoms with van der Waals surface area (Å²) < 4.78 is 11.1. The molecule has 0 amide bonds. The summed E-state index contributed by atoms with van der Waals surface area (Å²) in [6, 6.07) is 1.69. The van der Waals surface area contributed by atoms with Gasteiger partial charge in [-0.2, -0.15) is 10.1 Å². The average Bonchev–Trinajstić information content (AvgIpc) is 3.20. The van der Waals surface area contributed by atoms with E-state index in [1.165, 1.54) is 11.3 Å². The van der Waals surface area contributed by atoms with Crippen LogP contribution in [0.15, 0.2) is 18.5 Å². The molecule has 4 heterocycles. The van der Waals surface area contributed by atoms with Crippen molar-refractivity contribution in [2.24, 2.45) is 0 Å². The first kappa shape index (κ1) is 15.0. The molecule has 4 rings (SSSR count). The maximum Gasteiger partial charge on any atom is 0.232 e. The van der Waals surface area contributed by atoms with Gasteiger partial charge in [0.05, 0.1) is 42.3 Å². The number of nitrogens with zero attached hydrogens (tertiary/aromatic N) is 4. The topological polar surface area (TPSA) is 97.8 Å². The monoisotopic (exact) mass is 344 g/mol. The second-order valence-electron chi connectivity index (χ2n) is 5.24. The SMILES string of the molecule is CCC1OCc2sc(Nc3nccc(OC)n3)nc2-c2cn[nH]c21. The zero-order valence-corrected chi connectivity index (χ0v) is 14.1. The lowest BCUT2D eigenvalue weighted by atomic mass is 10.1. The highest BCUT2D eigenvalue weighted by molar-refractivity contribution is 7.16. The van der Waals surface area contributed by atoms with Gasteiger partial charge in [0, 0.05) is 17.8 Å². The quantitative estimate of drug-likeness (QED) is 0.750. The molecule has 0 fully saturated rings. The van der Waals surface area contributed by atoms with Crippen molar-refractivity contribution in [3.63, 3.8) is 0 Å². The smallest absolute Gasteiger partial charge is 0.232 e. The molecule has 0 radical (unpaired) electrons. The highest BCUT2D eigenvalue weighted by Crippen LogP contribution is 2.40. The lowest BCUT2D eigenvalue weighted by Gasteiger charge is -2.12. The molecular weight excluding hydrogens is 328 g/mol.